The van der Waals surface area contributed by atoms with Gasteiger partial charge in [0.1, 0.15) is 11.6 Å². The van der Waals surface area contributed by atoms with Crippen molar-refractivity contribution in [2.45, 2.75) is 26.1 Å². The summed E-state index contributed by atoms with van der Waals surface area (Å²) in [5, 5.41) is 19.1. The Bertz CT molecular complexity index is 785. The third-order valence-corrected chi connectivity index (χ3v) is 3.24. The molecule has 6 heteroatoms. The van der Waals surface area contributed by atoms with Crippen molar-refractivity contribution < 1.29 is 5.11 Å². The van der Waals surface area contributed by atoms with Crippen LogP contribution in [0.2, 0.25) is 0 Å². The maximum Gasteiger partial charge on any atom is 0.331 e. The minimum Gasteiger partial charge on any atom is -0.387 e. The summed E-state index contributed by atoms with van der Waals surface area (Å²) in [6, 6.07) is 10.5. The van der Waals surface area contributed by atoms with Crippen LogP contribution in [0.3, 0.4) is 0 Å². The van der Waals surface area contributed by atoms with E-state index >= 15 is 0 Å². The van der Waals surface area contributed by atoms with E-state index in [0.717, 1.165) is 4.57 Å². The number of rotatable bonds is 4. The van der Waals surface area contributed by atoms with E-state index in [9.17, 15) is 14.7 Å². The predicted molar refractivity (Wildman–Crippen MR) is 76.8 cm³/mol. The molecule has 0 spiro atoms. The Morgan fingerprint density at radius 3 is 2.52 bits per heavy atom. The first kappa shape index (κ1) is 14.8. The summed E-state index contributed by atoms with van der Waals surface area (Å²) in [4.78, 5) is 24.2. The number of hydrogen-bond acceptors (Lipinski definition) is 4. The molecular weight excluding hydrogens is 270 g/mol. The van der Waals surface area contributed by atoms with E-state index in [4.69, 9.17) is 5.26 Å². The van der Waals surface area contributed by atoms with Gasteiger partial charge >= 0.3 is 5.69 Å². The quantitative estimate of drug-likeness (QED) is 0.892. The van der Waals surface area contributed by atoms with Gasteiger partial charge in [0.25, 0.3) is 5.56 Å². The van der Waals surface area contributed by atoms with Gasteiger partial charge in [-0.2, -0.15) is 5.26 Å². The Morgan fingerprint density at radius 1 is 1.29 bits per heavy atom. The van der Waals surface area contributed by atoms with Crippen LogP contribution in [-0.2, 0) is 13.1 Å². The summed E-state index contributed by atoms with van der Waals surface area (Å²) >= 11 is 0. The number of aryl methyl sites for hydroxylation is 1. The van der Waals surface area contributed by atoms with Gasteiger partial charge in [-0.15, -0.1) is 0 Å². The Morgan fingerprint density at radius 2 is 1.95 bits per heavy atom. The Balaban J connectivity index is 2.47. The normalized spacial score (nSPS) is 11.9. The van der Waals surface area contributed by atoms with Crippen molar-refractivity contribution in [2.24, 2.45) is 0 Å². The van der Waals surface area contributed by atoms with Crippen LogP contribution >= 0.6 is 0 Å². The average Bonchev–Trinajstić information content (AvgIpc) is 2.52. The number of nitriles is 1. The average molecular weight is 285 g/mol. The number of aromatic nitrogens is 2. The zero-order valence-corrected chi connectivity index (χ0v) is 11.6. The lowest BCUT2D eigenvalue weighted by atomic mass is 10.1. The fourth-order valence-electron chi connectivity index (χ4n) is 2.07. The van der Waals surface area contributed by atoms with Gasteiger partial charge in [0, 0.05) is 12.7 Å². The molecule has 6 nitrogen and oxygen atoms in total. The first-order chi connectivity index (χ1) is 10.1. The van der Waals surface area contributed by atoms with E-state index in [1.807, 2.05) is 6.07 Å². The summed E-state index contributed by atoms with van der Waals surface area (Å²) in [5.74, 6) is 0. The monoisotopic (exact) mass is 285 g/mol. The highest BCUT2D eigenvalue weighted by Gasteiger charge is 2.15. The Hall–Kier alpha value is -2.65. The number of aliphatic hydroxyl groups excluding tert-OH is 1. The largest absolute Gasteiger partial charge is 0.387 e. The second-order valence-corrected chi connectivity index (χ2v) is 4.57. The zero-order chi connectivity index (χ0) is 15.4. The van der Waals surface area contributed by atoms with Crippen molar-refractivity contribution in [2.75, 3.05) is 0 Å². The van der Waals surface area contributed by atoms with E-state index in [1.54, 1.807) is 37.3 Å². The molecule has 2 rings (SSSR count). The highest BCUT2D eigenvalue weighted by Crippen LogP contribution is 2.12. The van der Waals surface area contributed by atoms with Crippen LogP contribution in [0.25, 0.3) is 0 Å². The third kappa shape index (κ3) is 2.93. The van der Waals surface area contributed by atoms with Crippen molar-refractivity contribution in [1.29, 1.82) is 5.26 Å². The van der Waals surface area contributed by atoms with E-state index in [0.29, 0.717) is 12.1 Å². The lowest BCUT2D eigenvalue weighted by molar-refractivity contribution is 0.152. The van der Waals surface area contributed by atoms with Gasteiger partial charge in [0.15, 0.2) is 0 Å². The van der Waals surface area contributed by atoms with Crippen molar-refractivity contribution in [1.82, 2.24) is 9.13 Å². The summed E-state index contributed by atoms with van der Waals surface area (Å²) in [7, 11) is 0. The second-order valence-electron chi connectivity index (χ2n) is 4.57. The van der Waals surface area contributed by atoms with Crippen LogP contribution in [-0.4, -0.2) is 14.2 Å². The van der Waals surface area contributed by atoms with Crippen LogP contribution in [0.4, 0.5) is 0 Å². The maximum absolute atomic E-state index is 12.2. The highest BCUT2D eigenvalue weighted by molar-refractivity contribution is 5.23. The summed E-state index contributed by atoms with van der Waals surface area (Å²) < 4.78 is 2.18. The molecule has 0 aliphatic rings. The fraction of sp³-hybridized carbons (Fsp3) is 0.267. The molecule has 0 amide bonds. The van der Waals surface area contributed by atoms with Crippen molar-refractivity contribution in [3.8, 4) is 6.07 Å². The molecule has 1 atom stereocenters. The highest BCUT2D eigenvalue weighted by atomic mass is 16.3. The third-order valence-electron chi connectivity index (χ3n) is 3.24. The lowest BCUT2D eigenvalue weighted by Gasteiger charge is -2.14. The Kier molecular flexibility index (Phi) is 4.36. The molecule has 0 aliphatic carbocycles. The summed E-state index contributed by atoms with van der Waals surface area (Å²) in [5.41, 5.74) is -0.718. The minimum atomic E-state index is -0.990. The van der Waals surface area contributed by atoms with Gasteiger partial charge < -0.3 is 5.11 Å². The molecule has 108 valence electrons. The van der Waals surface area contributed by atoms with Gasteiger partial charge in [-0.25, -0.2) is 4.79 Å². The summed E-state index contributed by atoms with van der Waals surface area (Å²) in [6.07, 6.45) is 0.256. The molecule has 1 aromatic carbocycles. The smallest absolute Gasteiger partial charge is 0.331 e. The van der Waals surface area contributed by atoms with Crippen LogP contribution < -0.4 is 11.2 Å². The zero-order valence-electron chi connectivity index (χ0n) is 11.6. The van der Waals surface area contributed by atoms with Gasteiger partial charge in [-0.3, -0.25) is 13.9 Å². The van der Waals surface area contributed by atoms with Gasteiger partial charge in [0.2, 0.25) is 0 Å². The molecule has 0 aliphatic heterocycles. The lowest BCUT2D eigenvalue weighted by Crippen LogP contribution is -2.41. The number of hydrogen-bond donors (Lipinski definition) is 1. The number of nitrogens with zero attached hydrogens (tertiary/aromatic N) is 3. The minimum absolute atomic E-state index is 0.114. The molecule has 0 bridgehead atoms. The van der Waals surface area contributed by atoms with Crippen molar-refractivity contribution >= 4 is 0 Å². The topological polar surface area (TPSA) is 88.0 Å². The maximum atomic E-state index is 12.2. The van der Waals surface area contributed by atoms with Crippen LogP contribution in [0.15, 0.2) is 46.1 Å². The SMILES string of the molecule is CCn1cc(C#N)c(=O)n(CC(O)c2ccccc2)c1=O. The number of aliphatic hydroxyl groups is 1. The molecule has 1 unspecified atom stereocenters. The van der Waals surface area contributed by atoms with Crippen molar-refractivity contribution in [3.63, 3.8) is 0 Å². The molecule has 1 aromatic heterocycles. The number of benzene rings is 1. The first-order valence-electron chi connectivity index (χ1n) is 6.55. The van der Waals surface area contributed by atoms with Crippen molar-refractivity contribution in [3.05, 3.63) is 68.5 Å². The molecular formula is C15H15N3O3. The molecule has 0 saturated carbocycles. The molecule has 1 N–H and O–H groups in total. The molecule has 1 heterocycles. The van der Waals surface area contributed by atoms with E-state index in [1.165, 1.54) is 10.8 Å². The van der Waals surface area contributed by atoms with E-state index in [-0.39, 0.29) is 12.1 Å². The Labute approximate surface area is 121 Å². The molecule has 21 heavy (non-hydrogen) atoms. The van der Waals surface area contributed by atoms with Gasteiger partial charge in [-0.1, -0.05) is 30.3 Å². The fourth-order valence-corrected chi connectivity index (χ4v) is 2.07. The van der Waals surface area contributed by atoms with Gasteiger partial charge in [-0.05, 0) is 12.5 Å². The summed E-state index contributed by atoms with van der Waals surface area (Å²) in [6.45, 7) is 1.90. The predicted octanol–water partition coefficient (Wildman–Crippen LogP) is 0.635. The first-order valence-corrected chi connectivity index (χ1v) is 6.55. The van der Waals surface area contributed by atoms with Crippen LogP contribution in [0.1, 0.15) is 24.2 Å². The van der Waals surface area contributed by atoms with E-state index < -0.39 is 17.4 Å². The standard InChI is InChI=1S/C15H15N3O3/c1-2-17-9-12(8-16)14(20)18(15(17)21)10-13(19)11-6-4-3-5-7-11/h3-7,9,13,19H,2,10H2,1H3. The molecule has 0 saturated heterocycles. The molecule has 0 fully saturated rings. The van der Waals surface area contributed by atoms with Crippen LogP contribution in [0.5, 0.6) is 0 Å². The second kappa shape index (κ2) is 6.20. The van der Waals surface area contributed by atoms with Gasteiger partial charge in [0.05, 0.1) is 12.6 Å². The van der Waals surface area contributed by atoms with Crippen LogP contribution in [0, 0.1) is 11.3 Å². The molecule has 2 aromatic rings. The molecule has 0 radical (unpaired) electrons. The van der Waals surface area contributed by atoms with E-state index in [2.05, 4.69) is 0 Å².